The lowest BCUT2D eigenvalue weighted by molar-refractivity contribution is 0.208. The van der Waals surface area contributed by atoms with E-state index in [9.17, 15) is 13.9 Å². The van der Waals surface area contributed by atoms with E-state index in [4.69, 9.17) is 0 Å². The molecule has 0 saturated heterocycles. The number of hydrogen-bond acceptors (Lipinski definition) is 2. The fourth-order valence-corrected chi connectivity index (χ4v) is 2.33. The van der Waals surface area contributed by atoms with E-state index in [0.29, 0.717) is 11.1 Å². The molecular formula is C17H13F2NO. The van der Waals surface area contributed by atoms with Gasteiger partial charge in [0.25, 0.3) is 0 Å². The van der Waals surface area contributed by atoms with Crippen molar-refractivity contribution in [2.24, 2.45) is 0 Å². The van der Waals surface area contributed by atoms with Crippen molar-refractivity contribution in [1.29, 1.82) is 0 Å². The molecule has 0 aliphatic heterocycles. The highest BCUT2D eigenvalue weighted by atomic mass is 19.1. The van der Waals surface area contributed by atoms with Crippen LogP contribution in [0.3, 0.4) is 0 Å². The van der Waals surface area contributed by atoms with Gasteiger partial charge in [-0.15, -0.1) is 0 Å². The first-order chi connectivity index (χ1) is 10.1. The third-order valence-corrected chi connectivity index (χ3v) is 3.52. The van der Waals surface area contributed by atoms with Gasteiger partial charge in [-0.1, -0.05) is 24.3 Å². The molecule has 0 bridgehead atoms. The van der Waals surface area contributed by atoms with Gasteiger partial charge in [0.2, 0.25) is 0 Å². The summed E-state index contributed by atoms with van der Waals surface area (Å²) in [7, 11) is 0. The van der Waals surface area contributed by atoms with Crippen LogP contribution in [0.4, 0.5) is 8.78 Å². The van der Waals surface area contributed by atoms with Crippen molar-refractivity contribution in [3.8, 4) is 0 Å². The Morgan fingerprint density at radius 1 is 1.10 bits per heavy atom. The first-order valence-corrected chi connectivity index (χ1v) is 6.55. The lowest BCUT2D eigenvalue weighted by atomic mass is 9.98. The van der Waals surface area contributed by atoms with Crippen LogP contribution in [0, 0.1) is 18.6 Å². The van der Waals surface area contributed by atoms with Gasteiger partial charge in [-0.05, 0) is 30.7 Å². The molecule has 106 valence electrons. The predicted molar refractivity (Wildman–Crippen MR) is 76.9 cm³/mol. The summed E-state index contributed by atoms with van der Waals surface area (Å²) >= 11 is 0. The fourth-order valence-electron chi connectivity index (χ4n) is 2.33. The van der Waals surface area contributed by atoms with Crippen molar-refractivity contribution in [3.63, 3.8) is 0 Å². The number of aromatic nitrogens is 1. The first kappa shape index (κ1) is 13.6. The third-order valence-electron chi connectivity index (χ3n) is 3.52. The molecule has 1 N–H and O–H groups in total. The second-order valence-corrected chi connectivity index (χ2v) is 4.96. The highest BCUT2D eigenvalue weighted by molar-refractivity contribution is 5.78. The Hall–Kier alpha value is -2.33. The highest BCUT2D eigenvalue weighted by Gasteiger charge is 2.21. The maximum Gasteiger partial charge on any atom is 0.135 e. The van der Waals surface area contributed by atoms with Crippen LogP contribution >= 0.6 is 0 Å². The standard InChI is InChI=1S/C17H13F2NO/c1-10-6-7-13(18)15(16(10)19)17(21)12-8-11-4-2-3-5-14(11)20-9-12/h2-9,17,21H,1H3. The number of hydrogen-bond donors (Lipinski definition) is 1. The van der Waals surface area contributed by atoms with Gasteiger partial charge in [0.1, 0.15) is 17.7 Å². The quantitative estimate of drug-likeness (QED) is 0.774. The number of rotatable bonds is 2. The highest BCUT2D eigenvalue weighted by Crippen LogP contribution is 2.29. The zero-order valence-corrected chi connectivity index (χ0v) is 11.3. The largest absolute Gasteiger partial charge is 0.383 e. The minimum absolute atomic E-state index is 0.291. The summed E-state index contributed by atoms with van der Waals surface area (Å²) in [5.74, 6) is -1.49. The smallest absolute Gasteiger partial charge is 0.135 e. The Balaban J connectivity index is 2.12. The van der Waals surface area contributed by atoms with Crippen LogP contribution in [0.25, 0.3) is 10.9 Å². The summed E-state index contributed by atoms with van der Waals surface area (Å²) in [6.07, 6.45) is 0.0517. The van der Waals surface area contributed by atoms with Gasteiger partial charge in [-0.25, -0.2) is 8.78 Å². The Morgan fingerprint density at radius 2 is 1.86 bits per heavy atom. The monoisotopic (exact) mass is 285 g/mol. The van der Waals surface area contributed by atoms with Crippen molar-refractivity contribution in [3.05, 3.63) is 77.0 Å². The van der Waals surface area contributed by atoms with Crippen molar-refractivity contribution in [1.82, 2.24) is 4.98 Å². The van der Waals surface area contributed by atoms with Gasteiger partial charge >= 0.3 is 0 Å². The number of pyridine rings is 1. The number of halogens is 2. The summed E-state index contributed by atoms with van der Waals surface area (Å²) in [4.78, 5) is 4.20. The third kappa shape index (κ3) is 2.38. The Bertz CT molecular complexity index is 817. The maximum atomic E-state index is 14.1. The molecule has 3 rings (SSSR count). The summed E-state index contributed by atoms with van der Waals surface area (Å²) in [5, 5.41) is 11.1. The van der Waals surface area contributed by atoms with Gasteiger partial charge in [-0.2, -0.15) is 0 Å². The average Bonchev–Trinajstić information content (AvgIpc) is 2.51. The van der Waals surface area contributed by atoms with Gasteiger partial charge in [0.05, 0.1) is 11.1 Å². The van der Waals surface area contributed by atoms with Crippen molar-refractivity contribution < 1.29 is 13.9 Å². The fraction of sp³-hybridized carbons (Fsp3) is 0.118. The molecule has 0 spiro atoms. The normalized spacial score (nSPS) is 12.6. The minimum Gasteiger partial charge on any atom is -0.383 e. The first-order valence-electron chi connectivity index (χ1n) is 6.55. The SMILES string of the molecule is Cc1ccc(F)c(C(O)c2cnc3ccccc3c2)c1F. The number of aliphatic hydroxyl groups is 1. The molecule has 4 heteroatoms. The number of nitrogens with zero attached hydrogens (tertiary/aromatic N) is 1. The zero-order chi connectivity index (χ0) is 15.0. The van der Waals surface area contributed by atoms with Crippen LogP contribution in [0.2, 0.25) is 0 Å². The molecule has 2 nitrogen and oxygen atoms in total. The molecule has 1 aromatic heterocycles. The van der Waals surface area contributed by atoms with Gasteiger partial charge < -0.3 is 5.11 Å². The topological polar surface area (TPSA) is 33.1 Å². The van der Waals surface area contributed by atoms with Crippen molar-refractivity contribution >= 4 is 10.9 Å². The second kappa shape index (κ2) is 5.22. The minimum atomic E-state index is -1.39. The Kier molecular flexibility index (Phi) is 3.39. The van der Waals surface area contributed by atoms with Gasteiger partial charge in [0.15, 0.2) is 0 Å². The van der Waals surface area contributed by atoms with Crippen LogP contribution in [0.1, 0.15) is 22.8 Å². The van der Waals surface area contributed by atoms with Crippen LogP contribution in [-0.4, -0.2) is 10.1 Å². The number of fused-ring (bicyclic) bond motifs is 1. The lowest BCUT2D eigenvalue weighted by Gasteiger charge is -2.15. The summed E-state index contributed by atoms with van der Waals surface area (Å²) in [6, 6.07) is 11.6. The van der Waals surface area contributed by atoms with Crippen LogP contribution in [0.15, 0.2) is 48.7 Å². The van der Waals surface area contributed by atoms with E-state index in [1.54, 1.807) is 6.07 Å². The second-order valence-electron chi connectivity index (χ2n) is 4.96. The van der Waals surface area contributed by atoms with E-state index in [0.717, 1.165) is 17.0 Å². The molecule has 21 heavy (non-hydrogen) atoms. The molecule has 3 aromatic rings. The molecule has 2 aromatic carbocycles. The number of benzene rings is 2. The molecule has 0 fully saturated rings. The molecular weight excluding hydrogens is 272 g/mol. The lowest BCUT2D eigenvalue weighted by Crippen LogP contribution is -2.07. The van der Waals surface area contributed by atoms with E-state index in [2.05, 4.69) is 4.98 Å². The number of para-hydroxylation sites is 1. The molecule has 1 unspecified atom stereocenters. The molecule has 1 heterocycles. The molecule has 0 amide bonds. The summed E-state index contributed by atoms with van der Waals surface area (Å²) in [6.45, 7) is 1.53. The molecule has 1 atom stereocenters. The van der Waals surface area contributed by atoms with E-state index in [1.165, 1.54) is 19.2 Å². The summed E-state index contributed by atoms with van der Waals surface area (Å²) < 4.78 is 28.0. The zero-order valence-electron chi connectivity index (χ0n) is 11.3. The molecule has 0 aliphatic carbocycles. The van der Waals surface area contributed by atoms with E-state index >= 15 is 0 Å². The Morgan fingerprint density at radius 3 is 2.67 bits per heavy atom. The van der Waals surface area contributed by atoms with E-state index < -0.39 is 17.7 Å². The molecule has 0 aliphatic rings. The predicted octanol–water partition coefficient (Wildman–Crippen LogP) is 3.90. The molecule has 0 radical (unpaired) electrons. The van der Waals surface area contributed by atoms with Gasteiger partial charge in [-0.3, -0.25) is 4.98 Å². The van der Waals surface area contributed by atoms with Crippen molar-refractivity contribution in [2.45, 2.75) is 13.0 Å². The average molecular weight is 285 g/mol. The van der Waals surface area contributed by atoms with Crippen LogP contribution < -0.4 is 0 Å². The number of aryl methyl sites for hydroxylation is 1. The van der Waals surface area contributed by atoms with Crippen LogP contribution in [0.5, 0.6) is 0 Å². The summed E-state index contributed by atoms with van der Waals surface area (Å²) in [5.41, 5.74) is 1.07. The van der Waals surface area contributed by atoms with Crippen molar-refractivity contribution in [2.75, 3.05) is 0 Å². The van der Waals surface area contributed by atoms with E-state index in [1.807, 2.05) is 24.3 Å². The van der Waals surface area contributed by atoms with E-state index in [-0.39, 0.29) is 5.56 Å². The van der Waals surface area contributed by atoms with Gasteiger partial charge in [0, 0.05) is 17.1 Å². The maximum absolute atomic E-state index is 14.1. The Labute approximate surface area is 120 Å². The van der Waals surface area contributed by atoms with Crippen LogP contribution in [-0.2, 0) is 0 Å². The number of aliphatic hydroxyl groups excluding tert-OH is 1. The molecule has 0 saturated carbocycles.